The van der Waals surface area contributed by atoms with E-state index in [1.807, 2.05) is 0 Å². The normalized spacial score (nSPS) is 13.8. The summed E-state index contributed by atoms with van der Waals surface area (Å²) < 4.78 is 49.8. The number of rotatable bonds is 4. The van der Waals surface area contributed by atoms with Crippen LogP contribution in [0.25, 0.3) is 0 Å². The largest absolute Gasteiger partial charge is 0.330 e. The fourth-order valence-corrected chi connectivity index (χ4v) is 2.80. The van der Waals surface area contributed by atoms with Gasteiger partial charge in [-0.3, -0.25) is 0 Å². The molecule has 6 heteroatoms. The van der Waals surface area contributed by atoms with Crippen molar-refractivity contribution in [1.29, 1.82) is 0 Å². The highest BCUT2D eigenvalue weighted by molar-refractivity contribution is 7.92. The van der Waals surface area contributed by atoms with E-state index < -0.39 is 31.6 Å². The Morgan fingerprint density at radius 3 is 2.56 bits per heavy atom. The van der Waals surface area contributed by atoms with Gasteiger partial charge in [0.1, 0.15) is 16.5 Å². The van der Waals surface area contributed by atoms with Crippen LogP contribution in [0, 0.1) is 11.6 Å². The van der Waals surface area contributed by atoms with Crippen molar-refractivity contribution in [2.24, 2.45) is 5.73 Å². The molecule has 3 nitrogen and oxygen atoms in total. The van der Waals surface area contributed by atoms with Crippen LogP contribution in [0.5, 0.6) is 0 Å². The van der Waals surface area contributed by atoms with Gasteiger partial charge in [-0.2, -0.15) is 0 Å². The summed E-state index contributed by atoms with van der Waals surface area (Å²) in [6, 6.07) is 2.37. The Balaban J connectivity index is 3.21. The molecule has 1 aromatic rings. The van der Waals surface area contributed by atoms with Crippen LogP contribution < -0.4 is 5.73 Å². The first kappa shape index (κ1) is 13.1. The molecule has 0 bridgehead atoms. The van der Waals surface area contributed by atoms with Crippen molar-refractivity contribution < 1.29 is 17.2 Å². The van der Waals surface area contributed by atoms with Gasteiger partial charge in [-0.15, -0.1) is 0 Å². The Morgan fingerprint density at radius 1 is 1.38 bits per heavy atom. The second-order valence-electron chi connectivity index (χ2n) is 3.51. The summed E-state index contributed by atoms with van der Waals surface area (Å²) in [5.74, 6) is -1.72. The summed E-state index contributed by atoms with van der Waals surface area (Å²) in [6.45, 7) is 1.60. The topological polar surface area (TPSA) is 60.2 Å². The Labute approximate surface area is 93.2 Å². The minimum Gasteiger partial charge on any atom is -0.330 e. The van der Waals surface area contributed by atoms with Gasteiger partial charge >= 0.3 is 0 Å². The van der Waals surface area contributed by atoms with Crippen molar-refractivity contribution in [3.05, 3.63) is 29.8 Å². The SMILES string of the molecule is CC(CCN)S(=O)(=O)c1cc(F)ccc1F. The second-order valence-corrected chi connectivity index (χ2v) is 5.84. The van der Waals surface area contributed by atoms with Crippen LogP contribution in [-0.4, -0.2) is 20.2 Å². The predicted molar refractivity (Wildman–Crippen MR) is 56.7 cm³/mol. The zero-order valence-corrected chi connectivity index (χ0v) is 9.60. The average molecular weight is 249 g/mol. The van der Waals surface area contributed by atoms with E-state index in [-0.39, 0.29) is 13.0 Å². The maximum atomic E-state index is 13.3. The van der Waals surface area contributed by atoms with Crippen LogP contribution in [0.2, 0.25) is 0 Å². The van der Waals surface area contributed by atoms with Crippen molar-refractivity contribution >= 4 is 9.84 Å². The van der Waals surface area contributed by atoms with Crippen LogP contribution in [-0.2, 0) is 9.84 Å². The van der Waals surface area contributed by atoms with E-state index in [0.717, 1.165) is 12.1 Å². The highest BCUT2D eigenvalue weighted by Crippen LogP contribution is 2.21. The van der Waals surface area contributed by atoms with E-state index in [1.165, 1.54) is 6.92 Å². The van der Waals surface area contributed by atoms with E-state index in [4.69, 9.17) is 5.73 Å². The lowest BCUT2D eigenvalue weighted by atomic mass is 10.3. The monoisotopic (exact) mass is 249 g/mol. The summed E-state index contributed by atoms with van der Waals surface area (Å²) in [6.07, 6.45) is 0.207. The van der Waals surface area contributed by atoms with Gasteiger partial charge in [0.15, 0.2) is 9.84 Å². The van der Waals surface area contributed by atoms with E-state index >= 15 is 0 Å². The van der Waals surface area contributed by atoms with Crippen molar-refractivity contribution in [2.75, 3.05) is 6.54 Å². The van der Waals surface area contributed by atoms with Crippen molar-refractivity contribution in [1.82, 2.24) is 0 Å². The minimum absolute atomic E-state index is 0.178. The average Bonchev–Trinajstić information content (AvgIpc) is 2.22. The third kappa shape index (κ3) is 2.56. The molecule has 90 valence electrons. The number of benzene rings is 1. The number of sulfone groups is 1. The van der Waals surface area contributed by atoms with Crippen LogP contribution in [0.3, 0.4) is 0 Å². The molecular formula is C10H13F2NO2S. The zero-order valence-electron chi connectivity index (χ0n) is 8.78. The first-order valence-electron chi connectivity index (χ1n) is 4.78. The molecule has 0 saturated carbocycles. The Kier molecular flexibility index (Phi) is 3.98. The van der Waals surface area contributed by atoms with E-state index in [9.17, 15) is 17.2 Å². The molecular weight excluding hydrogens is 236 g/mol. The Bertz CT molecular complexity index is 474. The highest BCUT2D eigenvalue weighted by Gasteiger charge is 2.26. The highest BCUT2D eigenvalue weighted by atomic mass is 32.2. The van der Waals surface area contributed by atoms with E-state index in [2.05, 4.69) is 0 Å². The summed E-state index contributed by atoms with van der Waals surface area (Å²) >= 11 is 0. The molecule has 0 aliphatic rings. The molecule has 0 radical (unpaired) electrons. The molecule has 0 amide bonds. The smallest absolute Gasteiger partial charge is 0.184 e. The van der Waals surface area contributed by atoms with Crippen molar-refractivity contribution in [3.8, 4) is 0 Å². The summed E-state index contributed by atoms with van der Waals surface area (Å²) in [5, 5.41) is -0.825. The second kappa shape index (κ2) is 4.88. The molecule has 0 aromatic heterocycles. The third-order valence-corrected chi connectivity index (χ3v) is 4.52. The quantitative estimate of drug-likeness (QED) is 0.879. The van der Waals surface area contributed by atoms with Gasteiger partial charge in [-0.05, 0) is 38.1 Å². The minimum atomic E-state index is -3.85. The molecule has 0 fully saturated rings. The van der Waals surface area contributed by atoms with Crippen LogP contribution in [0.15, 0.2) is 23.1 Å². The molecule has 1 rings (SSSR count). The molecule has 1 aromatic carbocycles. The van der Waals surface area contributed by atoms with Gasteiger partial charge in [-0.25, -0.2) is 17.2 Å². The number of nitrogens with two attached hydrogens (primary N) is 1. The zero-order chi connectivity index (χ0) is 12.3. The molecule has 0 spiro atoms. The summed E-state index contributed by atoms with van der Waals surface area (Å²) in [7, 11) is -3.85. The Morgan fingerprint density at radius 2 is 2.00 bits per heavy atom. The maximum absolute atomic E-state index is 13.3. The van der Waals surface area contributed by atoms with Gasteiger partial charge in [-0.1, -0.05) is 0 Å². The summed E-state index contributed by atoms with van der Waals surface area (Å²) in [5.41, 5.74) is 5.24. The standard InChI is InChI=1S/C10H13F2NO2S/c1-7(4-5-13)16(14,15)10-6-8(11)2-3-9(10)12/h2-3,6-7H,4-5,13H2,1H3. The molecule has 0 aliphatic carbocycles. The van der Waals surface area contributed by atoms with Crippen LogP contribution in [0.4, 0.5) is 8.78 Å². The number of halogens is 2. The Hall–Kier alpha value is -1.01. The van der Waals surface area contributed by atoms with E-state index in [1.54, 1.807) is 0 Å². The molecule has 1 atom stereocenters. The van der Waals surface area contributed by atoms with Gasteiger partial charge in [0.25, 0.3) is 0 Å². The fraction of sp³-hybridized carbons (Fsp3) is 0.400. The first-order chi connectivity index (χ1) is 7.39. The van der Waals surface area contributed by atoms with Crippen molar-refractivity contribution in [2.45, 2.75) is 23.5 Å². The van der Waals surface area contributed by atoms with Gasteiger partial charge in [0, 0.05) is 0 Å². The molecule has 2 N–H and O–H groups in total. The lowest BCUT2D eigenvalue weighted by Crippen LogP contribution is -2.22. The first-order valence-corrected chi connectivity index (χ1v) is 6.33. The lowest BCUT2D eigenvalue weighted by molar-refractivity contribution is 0.544. The van der Waals surface area contributed by atoms with Gasteiger partial charge in [0.2, 0.25) is 0 Å². The van der Waals surface area contributed by atoms with E-state index in [0.29, 0.717) is 6.07 Å². The predicted octanol–water partition coefficient (Wildman–Crippen LogP) is 1.48. The van der Waals surface area contributed by atoms with Gasteiger partial charge < -0.3 is 5.73 Å². The van der Waals surface area contributed by atoms with Crippen LogP contribution >= 0.6 is 0 Å². The van der Waals surface area contributed by atoms with Gasteiger partial charge in [0.05, 0.1) is 5.25 Å². The fourth-order valence-electron chi connectivity index (χ4n) is 1.30. The molecule has 1 unspecified atom stereocenters. The lowest BCUT2D eigenvalue weighted by Gasteiger charge is -2.12. The third-order valence-electron chi connectivity index (χ3n) is 2.30. The molecule has 0 heterocycles. The molecule has 16 heavy (non-hydrogen) atoms. The summed E-state index contributed by atoms with van der Waals surface area (Å²) in [4.78, 5) is -0.603. The molecule has 0 saturated heterocycles. The maximum Gasteiger partial charge on any atom is 0.184 e. The molecule has 0 aliphatic heterocycles. The van der Waals surface area contributed by atoms with Crippen LogP contribution in [0.1, 0.15) is 13.3 Å². The van der Waals surface area contributed by atoms with Crippen molar-refractivity contribution in [3.63, 3.8) is 0 Å². The number of hydrogen-bond acceptors (Lipinski definition) is 3. The number of hydrogen-bond donors (Lipinski definition) is 1.